The maximum absolute atomic E-state index is 5.65. The molecule has 1 fully saturated rings. The summed E-state index contributed by atoms with van der Waals surface area (Å²) in [5.74, 6) is 1.87. The van der Waals surface area contributed by atoms with E-state index in [2.05, 4.69) is 11.8 Å². The molecule has 1 aromatic rings. The van der Waals surface area contributed by atoms with E-state index < -0.39 is 0 Å². The monoisotopic (exact) mass is 194 g/mol. The van der Waals surface area contributed by atoms with Gasteiger partial charge in [0, 0.05) is 18.7 Å². The first kappa shape index (κ1) is 9.59. The highest BCUT2D eigenvalue weighted by atomic mass is 16.4. The second-order valence-corrected chi connectivity index (χ2v) is 3.84. The number of nitrogens with zero attached hydrogens (tertiary/aromatic N) is 1. The van der Waals surface area contributed by atoms with E-state index in [1.165, 1.54) is 19.3 Å². The molecule has 3 nitrogen and oxygen atoms in total. The van der Waals surface area contributed by atoms with Crippen molar-refractivity contribution in [3.05, 3.63) is 17.9 Å². The summed E-state index contributed by atoms with van der Waals surface area (Å²) in [5.41, 5.74) is 5.52. The highest BCUT2D eigenvalue weighted by molar-refractivity contribution is 5.39. The molecule has 0 bridgehead atoms. The van der Waals surface area contributed by atoms with Crippen LogP contribution in [0.2, 0.25) is 0 Å². The van der Waals surface area contributed by atoms with Crippen LogP contribution in [0.4, 0.5) is 5.88 Å². The number of rotatable bonds is 3. The molecule has 0 aliphatic carbocycles. The van der Waals surface area contributed by atoms with Crippen molar-refractivity contribution < 1.29 is 4.42 Å². The van der Waals surface area contributed by atoms with Crippen molar-refractivity contribution in [2.45, 2.75) is 38.8 Å². The van der Waals surface area contributed by atoms with Crippen molar-refractivity contribution in [2.24, 2.45) is 5.73 Å². The first-order valence-corrected chi connectivity index (χ1v) is 5.40. The lowest BCUT2D eigenvalue weighted by Gasteiger charge is -2.22. The molecule has 1 atom stereocenters. The number of hydrogen-bond donors (Lipinski definition) is 1. The lowest BCUT2D eigenvalue weighted by Crippen LogP contribution is -2.27. The molecule has 0 radical (unpaired) electrons. The third-order valence-electron chi connectivity index (χ3n) is 2.98. The van der Waals surface area contributed by atoms with Crippen LogP contribution in [-0.2, 0) is 6.54 Å². The highest BCUT2D eigenvalue weighted by Gasteiger charge is 2.24. The van der Waals surface area contributed by atoms with Gasteiger partial charge >= 0.3 is 0 Å². The first-order valence-electron chi connectivity index (χ1n) is 5.40. The summed E-state index contributed by atoms with van der Waals surface area (Å²) >= 11 is 0. The van der Waals surface area contributed by atoms with Gasteiger partial charge in [0.25, 0.3) is 0 Å². The van der Waals surface area contributed by atoms with Gasteiger partial charge in [0.15, 0.2) is 5.88 Å². The largest absolute Gasteiger partial charge is 0.444 e. The predicted molar refractivity (Wildman–Crippen MR) is 57.3 cm³/mol. The van der Waals surface area contributed by atoms with Crippen LogP contribution in [0.15, 0.2) is 16.5 Å². The van der Waals surface area contributed by atoms with Crippen LogP contribution in [-0.4, -0.2) is 12.6 Å². The lowest BCUT2D eigenvalue weighted by atomic mass is 10.2. The second kappa shape index (κ2) is 4.05. The molecule has 14 heavy (non-hydrogen) atoms. The maximum Gasteiger partial charge on any atom is 0.195 e. The third-order valence-corrected chi connectivity index (χ3v) is 2.98. The zero-order valence-corrected chi connectivity index (χ0v) is 8.70. The Kier molecular flexibility index (Phi) is 2.77. The molecule has 1 aromatic heterocycles. The zero-order valence-electron chi connectivity index (χ0n) is 8.70. The molecule has 2 heterocycles. The van der Waals surface area contributed by atoms with Gasteiger partial charge in [-0.25, -0.2) is 0 Å². The van der Waals surface area contributed by atoms with Gasteiger partial charge in [0.1, 0.15) is 5.76 Å². The second-order valence-electron chi connectivity index (χ2n) is 3.84. The number of furan rings is 1. The van der Waals surface area contributed by atoms with Crippen molar-refractivity contribution in [2.75, 3.05) is 11.4 Å². The van der Waals surface area contributed by atoms with Gasteiger partial charge < -0.3 is 15.1 Å². The standard InChI is InChI=1S/C11H18N2O/c1-2-9-4-3-7-13(9)11-6-5-10(8-12)14-11/h5-6,9H,2-4,7-8,12H2,1H3. The summed E-state index contributed by atoms with van der Waals surface area (Å²) in [6, 6.07) is 4.67. The van der Waals surface area contributed by atoms with Crippen LogP contribution in [0.3, 0.4) is 0 Å². The van der Waals surface area contributed by atoms with Crippen LogP contribution in [0.1, 0.15) is 31.9 Å². The smallest absolute Gasteiger partial charge is 0.195 e. The highest BCUT2D eigenvalue weighted by Crippen LogP contribution is 2.28. The van der Waals surface area contributed by atoms with E-state index in [-0.39, 0.29) is 0 Å². The fourth-order valence-corrected chi connectivity index (χ4v) is 2.18. The van der Waals surface area contributed by atoms with Crippen molar-refractivity contribution >= 4 is 5.88 Å². The molecule has 78 valence electrons. The van der Waals surface area contributed by atoms with E-state index in [0.717, 1.165) is 18.2 Å². The Morgan fingerprint density at radius 2 is 2.43 bits per heavy atom. The van der Waals surface area contributed by atoms with Gasteiger partial charge in [-0.15, -0.1) is 0 Å². The van der Waals surface area contributed by atoms with Crippen molar-refractivity contribution in [1.29, 1.82) is 0 Å². The van der Waals surface area contributed by atoms with E-state index >= 15 is 0 Å². The molecule has 1 aliphatic rings. The van der Waals surface area contributed by atoms with E-state index in [1.54, 1.807) is 0 Å². The molecule has 3 heteroatoms. The maximum atomic E-state index is 5.65. The normalized spacial score (nSPS) is 21.9. The molecule has 2 rings (SSSR count). The summed E-state index contributed by atoms with van der Waals surface area (Å²) in [4.78, 5) is 2.36. The summed E-state index contributed by atoms with van der Waals surface area (Å²) in [6.07, 6.45) is 3.75. The Morgan fingerprint density at radius 1 is 1.57 bits per heavy atom. The van der Waals surface area contributed by atoms with E-state index in [1.807, 2.05) is 12.1 Å². The molecule has 0 spiro atoms. The zero-order chi connectivity index (χ0) is 9.97. The Bertz CT molecular complexity index is 295. The SMILES string of the molecule is CCC1CCCN1c1ccc(CN)o1. The van der Waals surface area contributed by atoms with Gasteiger partial charge in [-0.3, -0.25) is 0 Å². The first-order chi connectivity index (χ1) is 6.85. The van der Waals surface area contributed by atoms with Crippen molar-refractivity contribution in [3.63, 3.8) is 0 Å². The average molecular weight is 194 g/mol. The van der Waals surface area contributed by atoms with Gasteiger partial charge in [0.05, 0.1) is 6.54 Å². The number of hydrogen-bond acceptors (Lipinski definition) is 3. The van der Waals surface area contributed by atoms with E-state index in [9.17, 15) is 0 Å². The molecule has 2 N–H and O–H groups in total. The summed E-state index contributed by atoms with van der Waals surface area (Å²) < 4.78 is 5.65. The van der Waals surface area contributed by atoms with Crippen molar-refractivity contribution in [1.82, 2.24) is 0 Å². The molecule has 1 aliphatic heterocycles. The minimum Gasteiger partial charge on any atom is -0.444 e. The fourth-order valence-electron chi connectivity index (χ4n) is 2.18. The molecular formula is C11H18N2O. The van der Waals surface area contributed by atoms with Crippen molar-refractivity contribution in [3.8, 4) is 0 Å². The minimum atomic E-state index is 0.491. The molecule has 0 amide bonds. The van der Waals surface area contributed by atoms with Gasteiger partial charge in [-0.2, -0.15) is 0 Å². The summed E-state index contributed by atoms with van der Waals surface area (Å²) in [6.45, 7) is 3.84. The summed E-state index contributed by atoms with van der Waals surface area (Å²) in [5, 5.41) is 0. The van der Waals surface area contributed by atoms with Gasteiger partial charge in [-0.1, -0.05) is 6.92 Å². The van der Waals surface area contributed by atoms with Crippen LogP contribution < -0.4 is 10.6 Å². The minimum absolute atomic E-state index is 0.491. The quantitative estimate of drug-likeness (QED) is 0.801. The molecule has 1 saturated heterocycles. The van der Waals surface area contributed by atoms with Crippen LogP contribution in [0, 0.1) is 0 Å². The molecular weight excluding hydrogens is 176 g/mol. The Morgan fingerprint density at radius 3 is 3.07 bits per heavy atom. The fraction of sp³-hybridized carbons (Fsp3) is 0.636. The number of nitrogens with two attached hydrogens (primary N) is 1. The Hall–Kier alpha value is -0.960. The van der Waals surface area contributed by atoms with Gasteiger partial charge in [0.2, 0.25) is 0 Å². The summed E-state index contributed by atoms with van der Waals surface area (Å²) in [7, 11) is 0. The Labute approximate surface area is 84.9 Å². The lowest BCUT2D eigenvalue weighted by molar-refractivity contribution is 0.488. The Balaban J connectivity index is 2.13. The van der Waals surface area contributed by atoms with E-state index in [4.69, 9.17) is 10.2 Å². The van der Waals surface area contributed by atoms with Crippen LogP contribution >= 0.6 is 0 Å². The molecule has 1 unspecified atom stereocenters. The topological polar surface area (TPSA) is 42.4 Å². The van der Waals surface area contributed by atoms with E-state index in [0.29, 0.717) is 12.6 Å². The third kappa shape index (κ3) is 1.64. The predicted octanol–water partition coefficient (Wildman–Crippen LogP) is 2.12. The number of anilines is 1. The van der Waals surface area contributed by atoms with Crippen LogP contribution in [0.25, 0.3) is 0 Å². The van der Waals surface area contributed by atoms with Gasteiger partial charge in [-0.05, 0) is 25.3 Å². The van der Waals surface area contributed by atoms with Crippen LogP contribution in [0.5, 0.6) is 0 Å². The average Bonchev–Trinajstić information content (AvgIpc) is 2.85. The molecule has 0 aromatic carbocycles. The molecule has 0 saturated carbocycles.